The third kappa shape index (κ3) is 2.66. The van der Waals surface area contributed by atoms with E-state index in [0.29, 0.717) is 0 Å². The van der Waals surface area contributed by atoms with Crippen molar-refractivity contribution in [1.82, 2.24) is 25.1 Å². The first-order chi connectivity index (χ1) is 15.5. The Morgan fingerprint density at radius 1 is 0.875 bits per heavy atom. The number of aromatic nitrogens is 5. The molecule has 0 aliphatic heterocycles. The molecule has 4 heterocycles. The maximum atomic E-state index is 5.42. The minimum atomic E-state index is 0.725. The Kier molecular flexibility index (Phi) is 3.92. The van der Waals surface area contributed by atoms with Crippen LogP contribution in [0.4, 0.5) is 0 Å². The van der Waals surface area contributed by atoms with Crippen LogP contribution in [0.15, 0.2) is 53.2 Å². The van der Waals surface area contributed by atoms with Crippen LogP contribution in [-0.4, -0.2) is 25.1 Å². The van der Waals surface area contributed by atoms with Crippen molar-refractivity contribution in [3.8, 4) is 22.4 Å². The Hall–Kier alpha value is -4.06. The fourth-order valence-corrected chi connectivity index (χ4v) is 4.70. The Morgan fingerprint density at radius 2 is 1.72 bits per heavy atom. The highest BCUT2D eigenvalue weighted by atomic mass is 16.5. The average molecular weight is 419 g/mol. The smallest absolute Gasteiger partial charge is 0.142 e. The van der Waals surface area contributed by atoms with Gasteiger partial charge >= 0.3 is 0 Å². The van der Waals surface area contributed by atoms with Gasteiger partial charge in [-0.3, -0.25) is 4.98 Å². The van der Waals surface area contributed by atoms with Crippen LogP contribution >= 0.6 is 0 Å². The number of nitrogens with one attached hydrogen (secondary N) is 1. The van der Waals surface area contributed by atoms with Gasteiger partial charge in [0.25, 0.3) is 0 Å². The summed E-state index contributed by atoms with van der Waals surface area (Å²) >= 11 is 0. The second kappa shape index (κ2) is 6.72. The molecule has 0 saturated carbocycles. The van der Waals surface area contributed by atoms with E-state index < -0.39 is 0 Å². The average Bonchev–Trinajstić information content (AvgIpc) is 3.30. The molecule has 0 spiro atoms. The molecule has 0 aliphatic carbocycles. The maximum Gasteiger partial charge on any atom is 0.142 e. The number of rotatable bonds is 2. The third-order valence-electron chi connectivity index (χ3n) is 6.11. The van der Waals surface area contributed by atoms with E-state index >= 15 is 0 Å². The fraction of sp³-hybridized carbons (Fsp3) is 0.154. The van der Waals surface area contributed by atoms with Crippen molar-refractivity contribution in [2.24, 2.45) is 0 Å². The van der Waals surface area contributed by atoms with Gasteiger partial charge in [0.1, 0.15) is 17.2 Å². The normalized spacial score (nSPS) is 11.8. The molecule has 0 bridgehead atoms. The zero-order valence-electron chi connectivity index (χ0n) is 18.3. The lowest BCUT2D eigenvalue weighted by atomic mass is 9.96. The molecular weight excluding hydrogens is 398 g/mol. The molecule has 0 fully saturated rings. The quantitative estimate of drug-likeness (QED) is 0.361. The van der Waals surface area contributed by atoms with Gasteiger partial charge in [0.2, 0.25) is 0 Å². The lowest BCUT2D eigenvalue weighted by Gasteiger charge is -2.09. The summed E-state index contributed by atoms with van der Waals surface area (Å²) in [6.07, 6.45) is 1.84. The molecule has 0 unspecified atom stereocenters. The van der Waals surface area contributed by atoms with Gasteiger partial charge < -0.3 is 9.51 Å². The standard InChI is InChI=1S/C26H21N5O/c1-13-11-20-22(12-19(13)23-14(2)31-32-15(23)3)30-26-24(20)25(28-16(4)29-26)18-9-10-27-21-8-6-5-7-17(18)21/h5-12H,1-4H3,(H,28,29,30). The first-order valence-electron chi connectivity index (χ1n) is 10.6. The SMILES string of the molecule is Cc1nc(-c2ccnc3ccccc23)c2c(n1)[nH]c1cc(-c3c(C)noc3C)c(C)cc12. The molecule has 0 aliphatic rings. The number of aromatic amines is 1. The van der Waals surface area contributed by atoms with E-state index in [1.54, 1.807) is 0 Å². The largest absolute Gasteiger partial charge is 0.361 e. The lowest BCUT2D eigenvalue weighted by Crippen LogP contribution is -1.94. The maximum absolute atomic E-state index is 5.42. The second-order valence-electron chi connectivity index (χ2n) is 8.26. The van der Waals surface area contributed by atoms with Crippen LogP contribution < -0.4 is 0 Å². The van der Waals surface area contributed by atoms with Gasteiger partial charge in [0.05, 0.1) is 22.3 Å². The predicted molar refractivity (Wildman–Crippen MR) is 127 cm³/mol. The van der Waals surface area contributed by atoms with Gasteiger partial charge in [-0.15, -0.1) is 0 Å². The van der Waals surface area contributed by atoms with E-state index in [9.17, 15) is 0 Å². The second-order valence-corrected chi connectivity index (χ2v) is 8.26. The van der Waals surface area contributed by atoms with Crippen LogP contribution in [0.3, 0.4) is 0 Å². The van der Waals surface area contributed by atoms with E-state index in [-0.39, 0.29) is 0 Å². The highest BCUT2D eigenvalue weighted by Gasteiger charge is 2.20. The molecule has 6 nitrogen and oxygen atoms in total. The molecule has 6 aromatic rings. The number of H-pyrrole nitrogens is 1. The van der Waals surface area contributed by atoms with E-state index in [4.69, 9.17) is 14.5 Å². The van der Waals surface area contributed by atoms with Crippen molar-refractivity contribution in [3.63, 3.8) is 0 Å². The van der Waals surface area contributed by atoms with Crippen LogP contribution in [0, 0.1) is 27.7 Å². The summed E-state index contributed by atoms with van der Waals surface area (Å²) in [5, 5.41) is 7.34. The summed E-state index contributed by atoms with van der Waals surface area (Å²) < 4.78 is 5.42. The molecule has 32 heavy (non-hydrogen) atoms. The number of hydrogen-bond donors (Lipinski definition) is 1. The highest BCUT2D eigenvalue weighted by Crippen LogP contribution is 2.39. The third-order valence-corrected chi connectivity index (χ3v) is 6.11. The summed E-state index contributed by atoms with van der Waals surface area (Å²) in [6.45, 7) is 7.97. The molecular formula is C26H21N5O. The number of benzene rings is 2. The summed E-state index contributed by atoms with van der Waals surface area (Å²) in [5.41, 5.74) is 8.97. The highest BCUT2D eigenvalue weighted by molar-refractivity contribution is 6.15. The molecule has 156 valence electrons. The van der Waals surface area contributed by atoms with Crippen LogP contribution in [0.5, 0.6) is 0 Å². The van der Waals surface area contributed by atoms with Crippen LogP contribution in [0.1, 0.15) is 22.8 Å². The zero-order chi connectivity index (χ0) is 22.0. The lowest BCUT2D eigenvalue weighted by molar-refractivity contribution is 0.393. The van der Waals surface area contributed by atoms with Gasteiger partial charge in [-0.1, -0.05) is 23.4 Å². The van der Waals surface area contributed by atoms with Gasteiger partial charge in [-0.25, -0.2) is 9.97 Å². The van der Waals surface area contributed by atoms with Gasteiger partial charge in [0, 0.05) is 33.6 Å². The molecule has 2 aromatic carbocycles. The Morgan fingerprint density at radius 3 is 2.53 bits per heavy atom. The van der Waals surface area contributed by atoms with E-state index in [0.717, 1.165) is 78.1 Å². The molecule has 0 amide bonds. The van der Waals surface area contributed by atoms with E-state index in [2.05, 4.69) is 40.2 Å². The van der Waals surface area contributed by atoms with Crippen LogP contribution in [0.2, 0.25) is 0 Å². The Labute approximate surface area is 184 Å². The molecule has 0 saturated heterocycles. The number of fused-ring (bicyclic) bond motifs is 4. The number of nitrogens with zero attached hydrogens (tertiary/aromatic N) is 4. The monoisotopic (exact) mass is 419 g/mol. The van der Waals surface area contributed by atoms with Crippen molar-refractivity contribution >= 4 is 32.8 Å². The predicted octanol–water partition coefficient (Wildman–Crippen LogP) is 6.21. The van der Waals surface area contributed by atoms with Crippen molar-refractivity contribution < 1.29 is 4.52 Å². The summed E-state index contributed by atoms with van der Waals surface area (Å²) in [6, 6.07) is 14.6. The number of para-hydroxylation sites is 1. The van der Waals surface area contributed by atoms with E-state index in [1.807, 2.05) is 51.2 Å². The first kappa shape index (κ1) is 18.7. The molecule has 0 radical (unpaired) electrons. The molecule has 1 N–H and O–H groups in total. The van der Waals surface area contributed by atoms with Crippen LogP contribution in [0.25, 0.3) is 55.2 Å². The van der Waals surface area contributed by atoms with Crippen LogP contribution in [-0.2, 0) is 0 Å². The Balaban J connectivity index is 1.70. The van der Waals surface area contributed by atoms with E-state index in [1.165, 1.54) is 0 Å². The van der Waals surface area contributed by atoms with Crippen molar-refractivity contribution in [2.45, 2.75) is 27.7 Å². The summed E-state index contributed by atoms with van der Waals surface area (Å²) in [4.78, 5) is 17.7. The summed E-state index contributed by atoms with van der Waals surface area (Å²) in [5.74, 6) is 1.54. The zero-order valence-corrected chi connectivity index (χ0v) is 18.3. The summed E-state index contributed by atoms with van der Waals surface area (Å²) in [7, 11) is 0. The van der Waals surface area contributed by atoms with Crippen molar-refractivity contribution in [3.05, 3.63) is 71.5 Å². The molecule has 0 atom stereocenters. The number of aryl methyl sites for hydroxylation is 4. The first-order valence-corrected chi connectivity index (χ1v) is 10.6. The molecule has 6 rings (SSSR count). The Bertz CT molecular complexity index is 1650. The molecule has 6 heteroatoms. The topological polar surface area (TPSA) is 80.5 Å². The fourth-order valence-electron chi connectivity index (χ4n) is 4.70. The minimum absolute atomic E-state index is 0.725. The van der Waals surface area contributed by atoms with Crippen molar-refractivity contribution in [2.75, 3.05) is 0 Å². The van der Waals surface area contributed by atoms with Gasteiger partial charge in [0.15, 0.2) is 0 Å². The van der Waals surface area contributed by atoms with Crippen molar-refractivity contribution in [1.29, 1.82) is 0 Å². The number of hydrogen-bond acceptors (Lipinski definition) is 5. The molecule has 4 aromatic heterocycles. The minimum Gasteiger partial charge on any atom is -0.361 e. The van der Waals surface area contributed by atoms with Gasteiger partial charge in [-0.05, 0) is 63.1 Å². The number of pyridine rings is 1. The van der Waals surface area contributed by atoms with Gasteiger partial charge in [-0.2, -0.15) is 0 Å².